The Kier molecular flexibility index (Phi) is 4.83. The molecule has 1 amide bonds. The number of carbonyl (C=O) groups excluding carboxylic acids is 1. The van der Waals surface area contributed by atoms with Gasteiger partial charge in [0.1, 0.15) is 5.75 Å². The van der Waals surface area contributed by atoms with E-state index in [0.29, 0.717) is 25.0 Å². The van der Waals surface area contributed by atoms with Gasteiger partial charge in [0.25, 0.3) is 5.91 Å². The van der Waals surface area contributed by atoms with E-state index in [-0.39, 0.29) is 12.5 Å². The molecule has 1 aliphatic carbocycles. The molecule has 0 bridgehead atoms. The molecule has 0 aromatic heterocycles. The summed E-state index contributed by atoms with van der Waals surface area (Å²) in [5.41, 5.74) is -0.809. The van der Waals surface area contributed by atoms with Gasteiger partial charge < -0.3 is 15.2 Å². The first-order valence-electron chi connectivity index (χ1n) is 7.32. The third kappa shape index (κ3) is 3.97. The van der Waals surface area contributed by atoms with Crippen LogP contribution in [-0.4, -0.2) is 29.1 Å². The molecule has 1 unspecified atom stereocenters. The molecule has 5 nitrogen and oxygen atoms in total. The van der Waals surface area contributed by atoms with Crippen LogP contribution in [0, 0.1) is 5.92 Å². The normalized spacial score (nSPS) is 16.8. The molecule has 1 atom stereocenters. The molecule has 114 valence electrons. The Hall–Kier alpha value is -2.04. The minimum absolute atomic E-state index is 0.155. The lowest BCUT2D eigenvalue weighted by Crippen LogP contribution is -2.43. The van der Waals surface area contributed by atoms with Crippen LogP contribution in [0.1, 0.15) is 32.6 Å². The number of ether oxygens (including phenoxy) is 1. The first kappa shape index (κ1) is 15.4. The van der Waals surface area contributed by atoms with Crippen molar-refractivity contribution in [2.24, 2.45) is 5.92 Å². The first-order valence-corrected chi connectivity index (χ1v) is 7.32. The van der Waals surface area contributed by atoms with Crippen LogP contribution in [0.2, 0.25) is 0 Å². The minimum atomic E-state index is -0.869. The van der Waals surface area contributed by atoms with E-state index in [1.165, 1.54) is 0 Å². The number of benzene rings is 1. The van der Waals surface area contributed by atoms with Crippen molar-refractivity contribution in [3.63, 3.8) is 0 Å². The van der Waals surface area contributed by atoms with E-state index in [9.17, 15) is 9.59 Å². The van der Waals surface area contributed by atoms with Crippen molar-refractivity contribution in [2.45, 2.75) is 38.2 Å². The van der Waals surface area contributed by atoms with Gasteiger partial charge in [0.05, 0.1) is 5.92 Å². The summed E-state index contributed by atoms with van der Waals surface area (Å²) < 4.78 is 5.77. The predicted molar refractivity (Wildman–Crippen MR) is 78.1 cm³/mol. The maximum Gasteiger partial charge on any atom is 0.308 e. The molecule has 1 aromatic carbocycles. The van der Waals surface area contributed by atoms with Crippen LogP contribution in [0.15, 0.2) is 30.3 Å². The maximum atomic E-state index is 12.2. The standard InChI is InChI=1S/C16H21NO4/c1-2-6-12(14(18)19)11-17-15(20)16(9-10-16)21-13-7-4-3-5-8-13/h3-5,7-8,12H,2,6,9-11H2,1H3,(H,17,20)(H,18,19). The summed E-state index contributed by atoms with van der Waals surface area (Å²) >= 11 is 0. The number of carbonyl (C=O) groups is 2. The molecule has 1 fully saturated rings. The molecule has 1 aromatic rings. The summed E-state index contributed by atoms with van der Waals surface area (Å²) in [5, 5.41) is 11.8. The van der Waals surface area contributed by atoms with Crippen LogP contribution < -0.4 is 10.1 Å². The molecule has 1 aliphatic rings. The van der Waals surface area contributed by atoms with Crippen LogP contribution in [0.3, 0.4) is 0 Å². The largest absolute Gasteiger partial charge is 0.481 e. The highest BCUT2D eigenvalue weighted by atomic mass is 16.5. The van der Waals surface area contributed by atoms with E-state index in [2.05, 4.69) is 5.32 Å². The number of hydrogen-bond acceptors (Lipinski definition) is 3. The van der Waals surface area contributed by atoms with E-state index in [4.69, 9.17) is 9.84 Å². The quantitative estimate of drug-likeness (QED) is 0.770. The van der Waals surface area contributed by atoms with Crippen LogP contribution in [0.5, 0.6) is 5.75 Å². The third-order valence-corrected chi connectivity index (χ3v) is 3.67. The van der Waals surface area contributed by atoms with Gasteiger partial charge in [-0.05, 0) is 18.6 Å². The number of rotatable bonds is 8. The van der Waals surface area contributed by atoms with Gasteiger partial charge in [0.15, 0.2) is 5.60 Å². The predicted octanol–water partition coefficient (Wildman–Crippen LogP) is 2.22. The zero-order chi connectivity index (χ0) is 15.3. The minimum Gasteiger partial charge on any atom is -0.481 e. The molecule has 0 spiro atoms. The lowest BCUT2D eigenvalue weighted by Gasteiger charge is -2.19. The van der Waals surface area contributed by atoms with Gasteiger partial charge in [0, 0.05) is 19.4 Å². The third-order valence-electron chi connectivity index (χ3n) is 3.67. The number of hydrogen-bond donors (Lipinski definition) is 2. The fraction of sp³-hybridized carbons (Fsp3) is 0.500. The molecule has 2 N–H and O–H groups in total. The summed E-state index contributed by atoms with van der Waals surface area (Å²) in [6.45, 7) is 2.08. The molecule has 0 saturated heterocycles. The van der Waals surface area contributed by atoms with Crippen LogP contribution in [-0.2, 0) is 9.59 Å². The molecule has 1 saturated carbocycles. The topological polar surface area (TPSA) is 75.6 Å². The summed E-state index contributed by atoms with van der Waals surface area (Å²) in [4.78, 5) is 23.3. The molecular formula is C16H21NO4. The molecule has 5 heteroatoms. The van der Waals surface area contributed by atoms with Crippen molar-refractivity contribution in [3.8, 4) is 5.75 Å². The van der Waals surface area contributed by atoms with Gasteiger partial charge in [-0.1, -0.05) is 31.5 Å². The Labute approximate surface area is 124 Å². The fourth-order valence-electron chi connectivity index (χ4n) is 2.24. The highest BCUT2D eigenvalue weighted by molar-refractivity contribution is 5.88. The van der Waals surface area contributed by atoms with Crippen molar-refractivity contribution in [1.29, 1.82) is 0 Å². The zero-order valence-corrected chi connectivity index (χ0v) is 12.2. The second-order valence-electron chi connectivity index (χ2n) is 5.44. The van der Waals surface area contributed by atoms with E-state index in [1.807, 2.05) is 37.3 Å². The van der Waals surface area contributed by atoms with Crippen molar-refractivity contribution < 1.29 is 19.4 Å². The Morgan fingerprint density at radius 1 is 1.33 bits per heavy atom. The average Bonchev–Trinajstić information content (AvgIpc) is 3.24. The number of carboxylic acid groups (broad SMARTS) is 1. The number of amides is 1. The Morgan fingerprint density at radius 3 is 2.52 bits per heavy atom. The second kappa shape index (κ2) is 6.61. The smallest absolute Gasteiger partial charge is 0.308 e. The lowest BCUT2D eigenvalue weighted by molar-refractivity contribution is -0.142. The monoisotopic (exact) mass is 291 g/mol. The lowest BCUT2D eigenvalue weighted by atomic mass is 10.0. The Bertz CT molecular complexity index is 496. The second-order valence-corrected chi connectivity index (χ2v) is 5.44. The Morgan fingerprint density at radius 2 is 2.00 bits per heavy atom. The number of nitrogens with one attached hydrogen (secondary N) is 1. The summed E-state index contributed by atoms with van der Waals surface area (Å²) in [6.07, 6.45) is 2.67. The molecule has 0 heterocycles. The van der Waals surface area contributed by atoms with Crippen LogP contribution in [0.4, 0.5) is 0 Å². The first-order chi connectivity index (χ1) is 10.1. The van der Waals surface area contributed by atoms with Crippen LogP contribution in [0.25, 0.3) is 0 Å². The number of carboxylic acids is 1. The van der Waals surface area contributed by atoms with E-state index < -0.39 is 17.5 Å². The van der Waals surface area contributed by atoms with Gasteiger partial charge in [0.2, 0.25) is 0 Å². The van der Waals surface area contributed by atoms with Crippen molar-refractivity contribution in [3.05, 3.63) is 30.3 Å². The molecule has 2 rings (SSSR count). The summed E-state index contributed by atoms with van der Waals surface area (Å²) in [7, 11) is 0. The number of para-hydroxylation sites is 1. The number of aliphatic carboxylic acids is 1. The average molecular weight is 291 g/mol. The van der Waals surface area contributed by atoms with E-state index >= 15 is 0 Å². The highest BCUT2D eigenvalue weighted by Crippen LogP contribution is 2.40. The summed E-state index contributed by atoms with van der Waals surface area (Å²) in [6, 6.07) is 9.21. The zero-order valence-electron chi connectivity index (χ0n) is 12.2. The van der Waals surface area contributed by atoms with Gasteiger partial charge in [-0.15, -0.1) is 0 Å². The van der Waals surface area contributed by atoms with E-state index in [1.54, 1.807) is 0 Å². The molecule has 0 radical (unpaired) electrons. The molecular weight excluding hydrogens is 270 g/mol. The van der Waals surface area contributed by atoms with Gasteiger partial charge in [-0.25, -0.2) is 0 Å². The highest BCUT2D eigenvalue weighted by Gasteiger charge is 2.53. The van der Waals surface area contributed by atoms with Crippen molar-refractivity contribution >= 4 is 11.9 Å². The Balaban J connectivity index is 1.89. The summed E-state index contributed by atoms with van der Waals surface area (Å²) in [5.74, 6) is -0.959. The van der Waals surface area contributed by atoms with Gasteiger partial charge >= 0.3 is 5.97 Å². The fourth-order valence-corrected chi connectivity index (χ4v) is 2.24. The van der Waals surface area contributed by atoms with E-state index in [0.717, 1.165) is 6.42 Å². The SMILES string of the molecule is CCCC(CNC(=O)C1(Oc2ccccc2)CC1)C(=O)O. The van der Waals surface area contributed by atoms with Crippen molar-refractivity contribution in [1.82, 2.24) is 5.32 Å². The maximum absolute atomic E-state index is 12.2. The van der Waals surface area contributed by atoms with Gasteiger partial charge in [-0.2, -0.15) is 0 Å². The van der Waals surface area contributed by atoms with Gasteiger partial charge in [-0.3, -0.25) is 9.59 Å². The molecule has 0 aliphatic heterocycles. The van der Waals surface area contributed by atoms with Crippen molar-refractivity contribution in [2.75, 3.05) is 6.54 Å². The molecule has 21 heavy (non-hydrogen) atoms. The van der Waals surface area contributed by atoms with Crippen LogP contribution >= 0.6 is 0 Å².